The van der Waals surface area contributed by atoms with Crippen molar-refractivity contribution in [2.45, 2.75) is 69.0 Å². The first kappa shape index (κ1) is 82.5. The summed E-state index contributed by atoms with van der Waals surface area (Å²) in [5.41, 5.74) is 24.7. The van der Waals surface area contributed by atoms with E-state index in [9.17, 15) is 45.5 Å². The van der Waals surface area contributed by atoms with Crippen molar-refractivity contribution in [1.29, 1.82) is 0 Å². The van der Waals surface area contributed by atoms with Gasteiger partial charge in [0, 0.05) is 173 Å². The number of pyridine rings is 9. The molecule has 25 nitrogen and oxygen atoms in total. The van der Waals surface area contributed by atoms with E-state index in [2.05, 4.69) is 102 Å². The van der Waals surface area contributed by atoms with E-state index in [1.54, 1.807) is 98.9 Å². The van der Waals surface area contributed by atoms with E-state index in [0.717, 1.165) is 43.6 Å². The lowest BCUT2D eigenvalue weighted by Gasteiger charge is -2.36. The van der Waals surface area contributed by atoms with Gasteiger partial charge in [-0.1, -0.05) is 44.5 Å². The molecule has 5 aliphatic rings. The minimum absolute atomic E-state index is 0. The lowest BCUT2D eigenvalue weighted by Crippen LogP contribution is -2.52. The van der Waals surface area contributed by atoms with Crippen LogP contribution in [0.1, 0.15) is 160 Å². The number of nitrogens with zero attached hydrogens (tertiary/aromatic N) is 13. The highest BCUT2D eigenvalue weighted by molar-refractivity contribution is 6.15. The molecule has 14 heterocycles. The molecule has 0 spiro atoms. The van der Waals surface area contributed by atoms with E-state index >= 15 is 0 Å². The minimum Gasteiger partial charge on any atom is -0.383 e. The van der Waals surface area contributed by atoms with Crippen LogP contribution >= 0.6 is 0 Å². The number of aromatic nitrogens is 9. The maximum Gasteiger partial charge on any atom is 0.215 e. The van der Waals surface area contributed by atoms with Gasteiger partial charge >= 0.3 is 0 Å². The van der Waals surface area contributed by atoms with Crippen molar-refractivity contribution in [3.63, 3.8) is 0 Å². The second kappa shape index (κ2) is 36.9. The first-order valence-corrected chi connectivity index (χ1v) is 37.4. The smallest absolute Gasteiger partial charge is 0.215 e. The highest BCUT2D eigenvalue weighted by Crippen LogP contribution is 2.34. The summed E-state index contributed by atoms with van der Waals surface area (Å²) in [5, 5.41) is 13.7. The second-order valence-corrected chi connectivity index (χ2v) is 28.7. The quantitative estimate of drug-likeness (QED) is 0.0259. The summed E-state index contributed by atoms with van der Waals surface area (Å²) in [5.74, 6) is -2.66. The summed E-state index contributed by atoms with van der Waals surface area (Å²) in [7, 11) is 0. The van der Waals surface area contributed by atoms with Crippen molar-refractivity contribution < 1.29 is 62.6 Å². The SMILES string of the molecule is C=C(F)c1ccc(N2CC3CCC(C2)N3)nc1C(=O)c1cccnc1N.C=C(F)c1ccc(N2CCNC(CC(C)(C)F)C2)nc1C(=O)c1cccnc1N.C=C(F)c1ccc(N2CCNC(c3ccc(F)cc3)C2)nc1C(=O)c1cccnc1N.C=C(F)c1ccc(N2CCNC(c3cccnc3)C2)nc1C(=O)c1cccnc1N.[HH].[HH].[HH].[HH].[HH].[HH].[HH].[HH].[HH].[HH].[HH].[HH]. The largest absolute Gasteiger partial charge is 0.383 e. The molecular weight excluding hydrogens is 1490 g/mol. The molecule has 9 aromatic heterocycles. The third-order valence-corrected chi connectivity index (χ3v) is 20.1. The number of piperazine rings is 4. The van der Waals surface area contributed by atoms with Crippen molar-refractivity contribution in [1.82, 2.24) is 66.1 Å². The van der Waals surface area contributed by atoms with E-state index < -0.39 is 52.1 Å². The first-order chi connectivity index (χ1) is 55.7. The minimum atomic E-state index is -1.30. The van der Waals surface area contributed by atoms with E-state index in [-0.39, 0.29) is 132 Å². The molecule has 12 N–H and O–H groups in total. The van der Waals surface area contributed by atoms with Crippen LogP contribution in [-0.2, 0) is 0 Å². The van der Waals surface area contributed by atoms with Gasteiger partial charge in [0.1, 0.15) is 104 Å². The molecule has 15 rings (SSSR count). The summed E-state index contributed by atoms with van der Waals surface area (Å²) in [4.78, 5) is 98.1. The number of fused-ring (bicyclic) bond motifs is 2. The third-order valence-electron chi connectivity index (χ3n) is 20.1. The number of nitrogen functional groups attached to an aromatic ring is 4. The molecule has 5 atom stereocenters. The van der Waals surface area contributed by atoms with Crippen LogP contribution in [0.4, 0.5) is 72.9 Å². The van der Waals surface area contributed by atoms with Crippen molar-refractivity contribution in [3.8, 4) is 0 Å². The van der Waals surface area contributed by atoms with Crippen LogP contribution in [0.15, 0.2) is 197 Å². The molecule has 5 saturated heterocycles. The zero-order valence-electron chi connectivity index (χ0n) is 63.8. The maximum atomic E-state index is 14.1. The Balaban J connectivity index is 0.00000163. The van der Waals surface area contributed by atoms with Gasteiger partial charge in [0.05, 0.1) is 28.3 Å². The molecule has 31 heteroatoms. The molecule has 0 amide bonds. The highest BCUT2D eigenvalue weighted by atomic mass is 19.2. The first-order valence-electron chi connectivity index (χ1n) is 37.4. The van der Waals surface area contributed by atoms with Gasteiger partial charge in [-0.05, 0) is 159 Å². The molecule has 2 bridgehead atoms. The fourth-order valence-corrected chi connectivity index (χ4v) is 14.4. The number of halogens is 6. The molecule has 0 radical (unpaired) electrons. The predicted octanol–water partition coefficient (Wildman–Crippen LogP) is 14.6. The topological polar surface area (TPSA) is 349 Å². The Hall–Kier alpha value is -13.0. The van der Waals surface area contributed by atoms with Crippen molar-refractivity contribution in [3.05, 3.63) is 281 Å². The molecule has 1 aromatic carbocycles. The Morgan fingerprint density at radius 2 is 0.767 bits per heavy atom. The van der Waals surface area contributed by atoms with Crippen molar-refractivity contribution >= 4 is 93.0 Å². The highest BCUT2D eigenvalue weighted by Gasteiger charge is 2.35. The monoisotopic (exact) mass is 1600 g/mol. The van der Waals surface area contributed by atoms with Crippen LogP contribution < -0.4 is 63.8 Å². The van der Waals surface area contributed by atoms with Crippen molar-refractivity contribution in [2.75, 3.05) is 115 Å². The van der Waals surface area contributed by atoms with E-state index in [1.165, 1.54) is 67.3 Å². The lowest BCUT2D eigenvalue weighted by atomic mass is 9.99. The van der Waals surface area contributed by atoms with Gasteiger partial charge in [-0.15, -0.1) is 0 Å². The maximum absolute atomic E-state index is 14.1. The molecule has 5 unspecified atom stereocenters. The van der Waals surface area contributed by atoms with Gasteiger partial charge in [-0.25, -0.2) is 66.2 Å². The predicted molar refractivity (Wildman–Crippen MR) is 464 cm³/mol. The zero-order valence-corrected chi connectivity index (χ0v) is 63.8. The summed E-state index contributed by atoms with van der Waals surface area (Å²) in [6.45, 7) is 23.8. The number of nitrogens with two attached hydrogens (primary N) is 4. The standard InChI is InChI=1S/C23H21F2N5O.C22H21FN6O.C21H25F2N5O.C19H20FN5O.12H2/c1-14(24)17-8-9-20(29-21(17)22(31)18-3-2-10-28-23(18)26)30-12-11-27-19(13-30)15-4-6-16(25)7-5-15;1-14(23)16-6-7-19(28-20(16)21(30)17-5-3-9-27-22(17)24)29-11-10-26-18(13-29)15-4-2-8-25-12-15;1-13(22)15-6-7-17(28-10-9-25-14(12-28)11-21(2,3)23)27-18(15)19(29)16-5-4-8-26-20(16)24;1-11(20)14-6-7-16(25-9-12-4-5-13(10-25)23-12)24-17(14)18(26)15-3-2-8-22-19(15)21;;;;;;;;;;;;/h2-10,19,27H,1,11-13H2,(H2,26,28);2-9,12,18,26H,1,10-11,13H2,(H2,24,27);4-8,14,25H,1,9-12H2,2-3H3,(H2,24,26);2-3,6-8,12-13,23H,1,4-5,9-10H2,(H2,21,22);12*1H. The normalized spacial score (nSPS) is 17.7. The molecule has 10 aromatic rings. The number of ketones is 4. The zero-order chi connectivity index (χ0) is 82.5. The Morgan fingerprint density at radius 1 is 0.431 bits per heavy atom. The number of alkyl halides is 1. The summed E-state index contributed by atoms with van der Waals surface area (Å²) < 4.78 is 83.4. The second-order valence-electron chi connectivity index (χ2n) is 28.7. The van der Waals surface area contributed by atoms with E-state index in [0.29, 0.717) is 94.1 Å². The summed E-state index contributed by atoms with van der Waals surface area (Å²) >= 11 is 0. The molecule has 0 aliphatic carbocycles. The number of carbonyl (C=O) groups is 4. The molecular formula is C85H111F6N21O4. The van der Waals surface area contributed by atoms with Crippen LogP contribution in [0.25, 0.3) is 23.3 Å². The van der Waals surface area contributed by atoms with E-state index in [1.807, 2.05) is 28.1 Å². The average Bonchev–Trinajstić information content (AvgIpc) is 1.14. The Morgan fingerprint density at radius 3 is 1.10 bits per heavy atom. The van der Waals surface area contributed by atoms with Gasteiger partial charge in [0.15, 0.2) is 0 Å². The van der Waals surface area contributed by atoms with Crippen LogP contribution in [0.5, 0.6) is 0 Å². The number of hydrogen-bond acceptors (Lipinski definition) is 25. The molecule has 622 valence electrons. The van der Waals surface area contributed by atoms with Gasteiger partial charge in [-0.2, -0.15) is 0 Å². The molecule has 5 aliphatic heterocycles. The number of rotatable bonds is 20. The van der Waals surface area contributed by atoms with E-state index in [4.69, 9.17) is 22.9 Å². The molecule has 116 heavy (non-hydrogen) atoms. The van der Waals surface area contributed by atoms with Gasteiger partial charge in [-0.3, -0.25) is 24.2 Å². The molecule has 5 fully saturated rings. The van der Waals surface area contributed by atoms with Gasteiger partial charge in [0.25, 0.3) is 0 Å². The number of hydrogen-bond donors (Lipinski definition) is 8. The van der Waals surface area contributed by atoms with Gasteiger partial charge in [0.2, 0.25) is 23.1 Å². The Kier molecular flexibility index (Phi) is 26.2. The van der Waals surface area contributed by atoms with Crippen molar-refractivity contribution in [2.24, 2.45) is 0 Å². The summed E-state index contributed by atoms with van der Waals surface area (Å²) in [6, 6.07) is 36.4. The fraction of sp³-hybridized carbons (Fsp3) is 0.259. The van der Waals surface area contributed by atoms with Crippen LogP contribution in [0, 0.1) is 5.82 Å². The number of anilines is 8. The summed E-state index contributed by atoms with van der Waals surface area (Å²) in [6.07, 6.45) is 12.1. The average molecular weight is 1600 g/mol. The van der Waals surface area contributed by atoms with Crippen LogP contribution in [0.2, 0.25) is 0 Å². The lowest BCUT2D eigenvalue weighted by molar-refractivity contribution is 0.102. The Labute approximate surface area is 684 Å². The number of nitrogens with one attached hydrogen (secondary N) is 4. The fourth-order valence-electron chi connectivity index (χ4n) is 14.4. The Bertz CT molecular complexity index is 5370. The third kappa shape index (κ3) is 20.0. The van der Waals surface area contributed by atoms with Crippen LogP contribution in [0.3, 0.4) is 0 Å². The number of carbonyl (C=O) groups excluding carboxylic acids is 4. The van der Waals surface area contributed by atoms with Crippen LogP contribution in [-0.4, -0.2) is 164 Å². The van der Waals surface area contributed by atoms with Gasteiger partial charge < -0.3 is 63.8 Å². The number of benzene rings is 1. The molecule has 0 saturated carbocycles.